The highest BCUT2D eigenvalue weighted by Gasteiger charge is 2.30. The Hall–Kier alpha value is -4.05. The van der Waals surface area contributed by atoms with Gasteiger partial charge in [0.1, 0.15) is 5.82 Å². The topological polar surface area (TPSA) is 102 Å². The predicted octanol–water partition coefficient (Wildman–Crippen LogP) is 4.91. The average Bonchev–Trinajstić information content (AvgIpc) is 3.69. The first-order chi connectivity index (χ1) is 21.3. The van der Waals surface area contributed by atoms with Crippen LogP contribution in [0.2, 0.25) is 0 Å². The molecule has 3 heterocycles. The van der Waals surface area contributed by atoms with Crippen LogP contribution >= 0.6 is 0 Å². The summed E-state index contributed by atoms with van der Waals surface area (Å²) in [5.41, 5.74) is 13.0. The number of carbonyl (C=O) groups is 1. The quantitative estimate of drug-likeness (QED) is 0.285. The van der Waals surface area contributed by atoms with Gasteiger partial charge >= 0.3 is 0 Å². The second-order valence-corrected chi connectivity index (χ2v) is 12.3. The Bertz CT molecular complexity index is 1560. The Kier molecular flexibility index (Phi) is 9.07. The number of nitrogens with one attached hydrogen (secondary N) is 1. The smallest absolute Gasteiger partial charge is 0.255 e. The van der Waals surface area contributed by atoms with E-state index in [1.165, 1.54) is 16.7 Å². The lowest BCUT2D eigenvalue weighted by molar-refractivity contribution is 0.0272. The summed E-state index contributed by atoms with van der Waals surface area (Å²) in [5, 5.41) is 7.37. The number of nitrogen functional groups attached to an aromatic ring is 1. The molecule has 1 aliphatic carbocycles. The minimum absolute atomic E-state index is 0.0517. The third kappa shape index (κ3) is 6.85. The van der Waals surface area contributed by atoms with Crippen LogP contribution in [0.5, 0.6) is 0 Å². The first kappa shape index (κ1) is 30.0. The van der Waals surface area contributed by atoms with E-state index in [-0.39, 0.29) is 23.9 Å². The van der Waals surface area contributed by atoms with Gasteiger partial charge in [-0.25, -0.2) is 4.98 Å². The van der Waals surface area contributed by atoms with Gasteiger partial charge in [-0.3, -0.25) is 14.4 Å². The largest absolute Gasteiger partial charge is 0.383 e. The molecular formula is C35H43N7O2. The molecule has 3 atom stereocenters. The van der Waals surface area contributed by atoms with Gasteiger partial charge in [0.2, 0.25) is 0 Å². The second kappa shape index (κ2) is 13.3. The molecule has 2 aromatic carbocycles. The highest BCUT2D eigenvalue weighted by Crippen LogP contribution is 2.28. The summed E-state index contributed by atoms with van der Waals surface area (Å²) in [7, 11) is 4.05. The minimum atomic E-state index is -0.227. The lowest BCUT2D eigenvalue weighted by atomic mass is 9.99. The molecule has 0 bridgehead atoms. The van der Waals surface area contributed by atoms with E-state index in [2.05, 4.69) is 87.7 Å². The summed E-state index contributed by atoms with van der Waals surface area (Å²) in [4.78, 5) is 22.5. The number of benzene rings is 2. The fourth-order valence-electron chi connectivity index (χ4n) is 6.29. The number of amides is 1. The standard InChI is InChI=1S/C35H43N7O2/c1-24(42-17-15-40(2)16-18-42)26-11-13-28(14-12-26)27-9-7-25(8-10-27)23-44-33-6-4-5-32(33)39-35(43)31-19-29(20-37-34(31)36)30-21-38-41(3)22-30/h7-14,19-22,24,32-33H,4-6,15-18,23H2,1-3H3,(H2,36,37)(H,39,43)/t24-,32+,33+/m1/s1. The molecule has 0 unspecified atom stereocenters. The van der Waals surface area contributed by atoms with Crippen molar-refractivity contribution in [2.75, 3.05) is 39.0 Å². The average molecular weight is 594 g/mol. The van der Waals surface area contributed by atoms with Crippen molar-refractivity contribution >= 4 is 11.7 Å². The Morgan fingerprint density at radius 3 is 2.34 bits per heavy atom. The fraction of sp³-hybridized carbons (Fsp3) is 0.400. The van der Waals surface area contributed by atoms with Gasteiger partial charge in [0.05, 0.1) is 30.5 Å². The van der Waals surface area contributed by atoms with Crippen molar-refractivity contribution in [2.24, 2.45) is 7.05 Å². The molecule has 2 fully saturated rings. The number of likely N-dealkylation sites (N-methyl/N-ethyl adjacent to an activating group) is 1. The van der Waals surface area contributed by atoms with E-state index in [1.54, 1.807) is 23.1 Å². The molecule has 1 saturated carbocycles. The molecule has 2 aromatic heterocycles. The number of piperazine rings is 1. The van der Waals surface area contributed by atoms with Gasteiger partial charge in [0.25, 0.3) is 5.91 Å². The van der Waals surface area contributed by atoms with E-state index in [1.807, 2.05) is 13.2 Å². The predicted molar refractivity (Wildman–Crippen MR) is 174 cm³/mol. The molecule has 2 aliphatic rings. The molecule has 1 saturated heterocycles. The lowest BCUT2D eigenvalue weighted by Gasteiger charge is -2.36. The maximum absolute atomic E-state index is 13.2. The van der Waals surface area contributed by atoms with Crippen LogP contribution in [0.3, 0.4) is 0 Å². The van der Waals surface area contributed by atoms with E-state index in [4.69, 9.17) is 10.5 Å². The second-order valence-electron chi connectivity index (χ2n) is 12.3. The van der Waals surface area contributed by atoms with Crippen LogP contribution in [0.15, 0.2) is 73.2 Å². The molecule has 44 heavy (non-hydrogen) atoms. The SMILES string of the molecule is C[C@H](c1ccc(-c2ccc(CO[C@H]3CCC[C@@H]3NC(=O)c3cc(-c4cnn(C)c4)cnc3N)cc2)cc1)N1CCN(C)CC1. The number of aromatic nitrogens is 3. The number of carbonyl (C=O) groups excluding carboxylic acids is 1. The third-order valence-corrected chi connectivity index (χ3v) is 9.20. The molecule has 1 aliphatic heterocycles. The van der Waals surface area contributed by atoms with Gasteiger partial charge in [-0.05, 0) is 61.6 Å². The van der Waals surface area contributed by atoms with Gasteiger partial charge in [-0.1, -0.05) is 48.5 Å². The molecule has 0 radical (unpaired) electrons. The summed E-state index contributed by atoms with van der Waals surface area (Å²) in [6.07, 6.45) is 8.02. The van der Waals surface area contributed by atoms with Crippen LogP contribution in [-0.2, 0) is 18.4 Å². The number of hydrogen-bond acceptors (Lipinski definition) is 7. The van der Waals surface area contributed by atoms with Crippen molar-refractivity contribution in [1.29, 1.82) is 0 Å². The number of anilines is 1. The van der Waals surface area contributed by atoms with Crippen LogP contribution in [-0.4, -0.2) is 75.8 Å². The van der Waals surface area contributed by atoms with Gasteiger partial charge in [0.15, 0.2) is 0 Å². The van der Waals surface area contributed by atoms with Gasteiger partial charge in [0, 0.05) is 62.8 Å². The Labute approximate surface area is 260 Å². The maximum Gasteiger partial charge on any atom is 0.255 e. The number of aryl methyl sites for hydroxylation is 1. The number of hydrogen-bond donors (Lipinski definition) is 2. The van der Waals surface area contributed by atoms with Crippen molar-refractivity contribution in [3.63, 3.8) is 0 Å². The Morgan fingerprint density at radius 1 is 0.955 bits per heavy atom. The van der Waals surface area contributed by atoms with Gasteiger partial charge in [-0.2, -0.15) is 5.10 Å². The van der Waals surface area contributed by atoms with Crippen LogP contribution in [0.1, 0.15) is 53.7 Å². The molecule has 1 amide bonds. The highest BCUT2D eigenvalue weighted by atomic mass is 16.5. The zero-order chi connectivity index (χ0) is 30.6. The first-order valence-corrected chi connectivity index (χ1v) is 15.6. The Morgan fingerprint density at radius 2 is 1.66 bits per heavy atom. The number of rotatable bonds is 9. The van der Waals surface area contributed by atoms with Crippen molar-refractivity contribution in [2.45, 2.75) is 51.0 Å². The zero-order valence-electron chi connectivity index (χ0n) is 25.9. The zero-order valence-corrected chi connectivity index (χ0v) is 25.9. The molecule has 230 valence electrons. The van der Waals surface area contributed by atoms with Crippen LogP contribution < -0.4 is 11.1 Å². The Balaban J connectivity index is 1.03. The highest BCUT2D eigenvalue weighted by molar-refractivity contribution is 5.99. The monoisotopic (exact) mass is 593 g/mol. The molecule has 3 N–H and O–H groups in total. The van der Waals surface area contributed by atoms with E-state index in [0.29, 0.717) is 18.2 Å². The summed E-state index contributed by atoms with van der Waals surface area (Å²) < 4.78 is 8.05. The van der Waals surface area contributed by atoms with Crippen LogP contribution in [0.4, 0.5) is 5.82 Å². The van der Waals surface area contributed by atoms with Crippen molar-refractivity contribution < 1.29 is 9.53 Å². The summed E-state index contributed by atoms with van der Waals surface area (Å²) in [6.45, 7) is 7.29. The van der Waals surface area contributed by atoms with Crippen molar-refractivity contribution in [3.8, 4) is 22.3 Å². The van der Waals surface area contributed by atoms with E-state index in [9.17, 15) is 4.79 Å². The van der Waals surface area contributed by atoms with Crippen molar-refractivity contribution in [3.05, 3.63) is 89.9 Å². The number of nitrogens with zero attached hydrogens (tertiary/aromatic N) is 5. The molecule has 0 spiro atoms. The molecule has 6 rings (SSSR count). The molecule has 4 aromatic rings. The number of nitrogens with two attached hydrogens (primary N) is 1. The molecular weight excluding hydrogens is 550 g/mol. The summed E-state index contributed by atoms with van der Waals surface area (Å²) >= 11 is 0. The van der Waals surface area contributed by atoms with E-state index < -0.39 is 0 Å². The molecule has 9 heteroatoms. The van der Waals surface area contributed by atoms with Crippen LogP contribution in [0, 0.1) is 0 Å². The number of ether oxygens (including phenoxy) is 1. The summed E-state index contributed by atoms with van der Waals surface area (Å²) in [5.74, 6) is -0.0144. The third-order valence-electron chi connectivity index (χ3n) is 9.20. The van der Waals surface area contributed by atoms with Crippen LogP contribution in [0.25, 0.3) is 22.3 Å². The minimum Gasteiger partial charge on any atom is -0.383 e. The maximum atomic E-state index is 13.2. The first-order valence-electron chi connectivity index (χ1n) is 15.6. The number of pyridine rings is 1. The summed E-state index contributed by atoms with van der Waals surface area (Å²) in [6, 6.07) is 19.7. The van der Waals surface area contributed by atoms with Gasteiger partial charge in [-0.15, -0.1) is 0 Å². The van der Waals surface area contributed by atoms with Crippen molar-refractivity contribution in [1.82, 2.24) is 29.9 Å². The van der Waals surface area contributed by atoms with Gasteiger partial charge < -0.3 is 20.7 Å². The molecule has 9 nitrogen and oxygen atoms in total. The fourth-order valence-corrected chi connectivity index (χ4v) is 6.29. The lowest BCUT2D eigenvalue weighted by Crippen LogP contribution is -2.45. The normalized spacial score (nSPS) is 20.1. The van der Waals surface area contributed by atoms with E-state index >= 15 is 0 Å². The van der Waals surface area contributed by atoms with E-state index in [0.717, 1.165) is 62.1 Å².